The molecule has 4 saturated carbocycles. The quantitative estimate of drug-likeness (QED) is 0.918. The summed E-state index contributed by atoms with van der Waals surface area (Å²) in [6, 6.07) is 2.74. The molecule has 4 aliphatic carbocycles. The van der Waals surface area contributed by atoms with E-state index in [-0.39, 0.29) is 11.3 Å². The molecule has 5 fully saturated rings. The number of likely N-dealkylation sites (tertiary alicyclic amines) is 1. The lowest BCUT2D eigenvalue weighted by Gasteiger charge is -2.50. The molecule has 136 valence electrons. The van der Waals surface area contributed by atoms with Crippen LogP contribution in [-0.4, -0.2) is 44.4 Å². The van der Waals surface area contributed by atoms with Crippen LogP contribution in [0.5, 0.6) is 0 Å². The third kappa shape index (κ3) is 2.24. The van der Waals surface area contributed by atoms with Crippen molar-refractivity contribution >= 4 is 5.91 Å². The lowest BCUT2D eigenvalue weighted by atomic mass is 9.57. The van der Waals surface area contributed by atoms with E-state index in [4.69, 9.17) is 0 Å². The fourth-order valence-electron chi connectivity index (χ4n) is 5.84. The summed E-state index contributed by atoms with van der Waals surface area (Å²) in [4.78, 5) is 15.4. The summed E-state index contributed by atoms with van der Waals surface area (Å²) in [7, 11) is 0. The smallest absolute Gasteiger partial charge is 0.226 e. The van der Waals surface area contributed by atoms with Gasteiger partial charge in [0.05, 0.1) is 17.6 Å². The van der Waals surface area contributed by atoms with Gasteiger partial charge >= 0.3 is 0 Å². The molecule has 5 nitrogen and oxygen atoms in total. The summed E-state index contributed by atoms with van der Waals surface area (Å²) in [5.74, 6) is 1.04. The third-order valence-corrected chi connectivity index (χ3v) is 7.67. The molecule has 5 heteroatoms. The highest BCUT2D eigenvalue weighted by Gasteiger charge is 2.64. The minimum atomic E-state index is -0.601. The van der Waals surface area contributed by atoms with Gasteiger partial charge in [0.2, 0.25) is 5.91 Å². The minimum Gasteiger partial charge on any atom is -0.390 e. The van der Waals surface area contributed by atoms with Crippen LogP contribution in [-0.2, 0) is 10.2 Å². The summed E-state index contributed by atoms with van der Waals surface area (Å²) in [5.41, 5.74) is 0.761. The van der Waals surface area contributed by atoms with Gasteiger partial charge < -0.3 is 10.0 Å². The van der Waals surface area contributed by atoms with Crippen LogP contribution in [0, 0.1) is 11.8 Å². The van der Waals surface area contributed by atoms with Gasteiger partial charge in [-0.3, -0.25) is 9.48 Å². The third-order valence-electron chi connectivity index (χ3n) is 7.67. The zero-order valence-corrected chi connectivity index (χ0v) is 15.2. The number of carbonyl (C=O) groups excluding carboxylic acids is 1. The van der Waals surface area contributed by atoms with Crippen LogP contribution in [0.3, 0.4) is 0 Å². The van der Waals surface area contributed by atoms with E-state index < -0.39 is 5.60 Å². The molecule has 1 amide bonds. The van der Waals surface area contributed by atoms with E-state index in [0.29, 0.717) is 43.8 Å². The fraction of sp³-hybridized carbons (Fsp3) is 0.800. The number of hydrogen-bond acceptors (Lipinski definition) is 3. The first-order valence-electron chi connectivity index (χ1n) is 10.1. The van der Waals surface area contributed by atoms with Crippen molar-refractivity contribution in [3.8, 4) is 0 Å². The van der Waals surface area contributed by atoms with E-state index in [1.807, 2.05) is 18.0 Å². The van der Waals surface area contributed by atoms with Crippen molar-refractivity contribution in [2.75, 3.05) is 13.1 Å². The van der Waals surface area contributed by atoms with Gasteiger partial charge in [-0.2, -0.15) is 5.10 Å². The molecule has 1 N–H and O–H groups in total. The Labute approximate surface area is 149 Å². The second kappa shape index (κ2) is 5.32. The summed E-state index contributed by atoms with van der Waals surface area (Å²) >= 11 is 0. The molecule has 1 saturated heterocycles. The SMILES string of the molecule is CC1(O)CCN(C(=O)C2C3CCC2(c2ccnn2C2CCC2)C3)CC1. The molecular formula is C20H29N3O2. The Morgan fingerprint density at radius 2 is 2.00 bits per heavy atom. The number of carbonyl (C=O) groups is 1. The molecule has 0 aromatic carbocycles. The Morgan fingerprint density at radius 3 is 2.64 bits per heavy atom. The molecule has 5 aliphatic rings. The minimum absolute atomic E-state index is 0.0355. The Hall–Kier alpha value is -1.36. The van der Waals surface area contributed by atoms with Crippen molar-refractivity contribution in [1.29, 1.82) is 0 Å². The fourth-order valence-corrected chi connectivity index (χ4v) is 5.84. The number of fused-ring (bicyclic) bond motifs is 1. The zero-order chi connectivity index (χ0) is 17.2. The summed E-state index contributed by atoms with van der Waals surface area (Å²) < 4.78 is 2.26. The average Bonchev–Trinajstić information content (AvgIpc) is 3.18. The number of aliphatic hydroxyl groups is 1. The highest BCUT2D eigenvalue weighted by atomic mass is 16.3. The average molecular weight is 343 g/mol. The van der Waals surface area contributed by atoms with Gasteiger partial charge in [0.25, 0.3) is 0 Å². The van der Waals surface area contributed by atoms with E-state index in [0.717, 1.165) is 12.8 Å². The van der Waals surface area contributed by atoms with Crippen molar-refractivity contribution in [2.24, 2.45) is 11.8 Å². The monoisotopic (exact) mass is 343 g/mol. The maximum atomic E-state index is 13.3. The maximum absolute atomic E-state index is 13.3. The molecule has 1 aliphatic heterocycles. The van der Waals surface area contributed by atoms with Crippen LogP contribution in [0.15, 0.2) is 12.3 Å². The molecule has 0 radical (unpaired) electrons. The first-order valence-corrected chi connectivity index (χ1v) is 10.1. The molecule has 1 aromatic rings. The largest absolute Gasteiger partial charge is 0.390 e. The number of aromatic nitrogens is 2. The first kappa shape index (κ1) is 15.9. The van der Waals surface area contributed by atoms with Crippen LogP contribution in [0.2, 0.25) is 0 Å². The van der Waals surface area contributed by atoms with Crippen molar-refractivity contribution in [3.05, 3.63) is 18.0 Å². The predicted octanol–water partition coefficient (Wildman–Crippen LogP) is 2.65. The van der Waals surface area contributed by atoms with Crippen molar-refractivity contribution < 1.29 is 9.90 Å². The van der Waals surface area contributed by atoms with Crippen molar-refractivity contribution in [2.45, 2.75) is 75.3 Å². The van der Waals surface area contributed by atoms with Gasteiger partial charge in [-0.15, -0.1) is 0 Å². The Bertz CT molecular complexity index is 679. The van der Waals surface area contributed by atoms with Crippen molar-refractivity contribution in [3.63, 3.8) is 0 Å². The summed E-state index contributed by atoms with van der Waals surface area (Å²) in [6.45, 7) is 3.29. The number of nitrogens with zero attached hydrogens (tertiary/aromatic N) is 3. The second-order valence-corrected chi connectivity index (χ2v) is 9.20. The molecule has 3 atom stereocenters. The van der Waals surface area contributed by atoms with Gasteiger partial charge in [0.1, 0.15) is 0 Å². The van der Waals surface area contributed by atoms with Gasteiger partial charge in [-0.05, 0) is 70.3 Å². The number of amides is 1. The van der Waals surface area contributed by atoms with E-state index >= 15 is 0 Å². The summed E-state index contributed by atoms with van der Waals surface area (Å²) in [5, 5.41) is 14.8. The van der Waals surface area contributed by atoms with E-state index in [2.05, 4.69) is 15.8 Å². The standard InChI is InChI=1S/C20H29N3O2/c1-19(25)8-11-22(12-9-19)18(24)17-14-5-7-20(17,13-14)16-6-10-21-23(16)15-3-2-4-15/h6,10,14-15,17,25H,2-5,7-9,11-13H2,1H3. The Balaban J connectivity index is 1.39. The van der Waals surface area contributed by atoms with E-state index in [1.165, 1.54) is 31.4 Å². The lowest BCUT2D eigenvalue weighted by Crippen LogP contribution is -2.56. The Kier molecular flexibility index (Phi) is 3.38. The number of rotatable bonds is 3. The second-order valence-electron chi connectivity index (χ2n) is 9.20. The molecular weight excluding hydrogens is 314 g/mol. The van der Waals surface area contributed by atoms with E-state index in [1.54, 1.807) is 0 Å². The molecule has 2 bridgehead atoms. The molecule has 1 aromatic heterocycles. The Morgan fingerprint density at radius 1 is 1.24 bits per heavy atom. The first-order chi connectivity index (χ1) is 12.0. The van der Waals surface area contributed by atoms with Gasteiger partial charge in [0, 0.05) is 30.4 Å². The van der Waals surface area contributed by atoms with Crippen LogP contribution >= 0.6 is 0 Å². The summed E-state index contributed by atoms with van der Waals surface area (Å²) in [6.07, 6.45) is 10.6. The van der Waals surface area contributed by atoms with Gasteiger partial charge in [0.15, 0.2) is 0 Å². The highest BCUT2D eigenvalue weighted by molar-refractivity contribution is 5.83. The van der Waals surface area contributed by atoms with Gasteiger partial charge in [-0.1, -0.05) is 0 Å². The number of piperidine rings is 1. The predicted molar refractivity (Wildman–Crippen MR) is 94.1 cm³/mol. The van der Waals surface area contributed by atoms with Crippen molar-refractivity contribution in [1.82, 2.24) is 14.7 Å². The molecule has 2 heterocycles. The molecule has 3 unspecified atom stereocenters. The molecule has 6 rings (SSSR count). The topological polar surface area (TPSA) is 58.4 Å². The van der Waals surface area contributed by atoms with Gasteiger partial charge in [-0.25, -0.2) is 0 Å². The van der Waals surface area contributed by atoms with Crippen LogP contribution in [0.4, 0.5) is 0 Å². The maximum Gasteiger partial charge on any atom is 0.226 e. The number of hydrogen-bond donors (Lipinski definition) is 1. The van der Waals surface area contributed by atoms with Crippen LogP contribution < -0.4 is 0 Å². The normalized spacial score (nSPS) is 36.8. The lowest BCUT2D eigenvalue weighted by molar-refractivity contribution is -0.148. The van der Waals surface area contributed by atoms with E-state index in [9.17, 15) is 9.90 Å². The molecule has 25 heavy (non-hydrogen) atoms. The van der Waals surface area contributed by atoms with Crippen LogP contribution in [0.1, 0.15) is 70.0 Å². The van der Waals surface area contributed by atoms with Crippen LogP contribution in [0.25, 0.3) is 0 Å². The molecule has 0 spiro atoms. The highest BCUT2D eigenvalue weighted by Crippen LogP contribution is 2.64. The zero-order valence-electron chi connectivity index (χ0n) is 15.2.